The van der Waals surface area contributed by atoms with Crippen LogP contribution in [0.3, 0.4) is 0 Å². The van der Waals surface area contributed by atoms with Crippen LogP contribution in [0.25, 0.3) is 11.3 Å². The molecule has 1 amide bonds. The zero-order valence-electron chi connectivity index (χ0n) is 15.5. The van der Waals surface area contributed by atoms with E-state index in [9.17, 15) is 14.4 Å². The smallest absolute Gasteiger partial charge is 0.267 e. The number of carbonyl (C=O) groups excluding carboxylic acids is 2. The number of Topliss-reactive ketones (excluding diaryl/α,β-unsaturated/α-hetero) is 1. The monoisotopic (exact) mass is 393 g/mol. The van der Waals surface area contributed by atoms with Gasteiger partial charge >= 0.3 is 0 Å². The molecule has 0 fully saturated rings. The van der Waals surface area contributed by atoms with Gasteiger partial charge in [0.1, 0.15) is 6.54 Å². The predicted molar refractivity (Wildman–Crippen MR) is 111 cm³/mol. The zero-order chi connectivity index (χ0) is 20.1. The standard InChI is InChI=1S/C21H19N3O3S/c1-14(25)22-17-7-3-16(4-8-17)20(26)13-24-21(27)12-11-19(23-24)15-5-9-18(28-2)10-6-15/h3-12H,13H2,1-2H3,(H,22,25). The van der Waals surface area contributed by atoms with Gasteiger partial charge in [0.25, 0.3) is 5.56 Å². The van der Waals surface area contributed by atoms with Gasteiger partial charge in [0, 0.05) is 34.7 Å². The lowest BCUT2D eigenvalue weighted by molar-refractivity contribution is -0.114. The first-order valence-electron chi connectivity index (χ1n) is 8.60. The van der Waals surface area contributed by atoms with Crippen molar-refractivity contribution in [1.82, 2.24) is 9.78 Å². The predicted octanol–water partition coefficient (Wildman–Crippen LogP) is 3.47. The van der Waals surface area contributed by atoms with Crippen LogP contribution < -0.4 is 10.9 Å². The summed E-state index contributed by atoms with van der Waals surface area (Å²) in [4.78, 5) is 36.9. The molecule has 1 aromatic heterocycles. The van der Waals surface area contributed by atoms with E-state index in [0.717, 1.165) is 10.5 Å². The molecule has 0 atom stereocenters. The largest absolute Gasteiger partial charge is 0.326 e. The highest BCUT2D eigenvalue weighted by molar-refractivity contribution is 7.98. The van der Waals surface area contributed by atoms with Crippen molar-refractivity contribution in [3.05, 3.63) is 76.6 Å². The molecule has 0 aliphatic heterocycles. The summed E-state index contributed by atoms with van der Waals surface area (Å²) < 4.78 is 1.17. The third kappa shape index (κ3) is 4.75. The van der Waals surface area contributed by atoms with Crippen LogP contribution in [0.1, 0.15) is 17.3 Å². The Balaban J connectivity index is 1.80. The fourth-order valence-electron chi connectivity index (χ4n) is 2.65. The lowest BCUT2D eigenvalue weighted by Crippen LogP contribution is -2.26. The lowest BCUT2D eigenvalue weighted by atomic mass is 10.1. The summed E-state index contributed by atoms with van der Waals surface area (Å²) in [6, 6.07) is 17.4. The Labute approximate surface area is 166 Å². The third-order valence-electron chi connectivity index (χ3n) is 4.07. The number of nitrogens with one attached hydrogen (secondary N) is 1. The topological polar surface area (TPSA) is 81.1 Å². The summed E-state index contributed by atoms with van der Waals surface area (Å²) >= 11 is 1.64. The van der Waals surface area contributed by atoms with Gasteiger partial charge in [-0.1, -0.05) is 12.1 Å². The molecule has 0 aliphatic carbocycles. The van der Waals surface area contributed by atoms with E-state index in [2.05, 4.69) is 10.4 Å². The summed E-state index contributed by atoms with van der Waals surface area (Å²) in [5.41, 5.74) is 2.21. The molecule has 28 heavy (non-hydrogen) atoms. The Morgan fingerprint density at radius 1 is 1.00 bits per heavy atom. The van der Waals surface area contributed by atoms with E-state index in [1.165, 1.54) is 17.7 Å². The molecule has 0 saturated heterocycles. The number of benzene rings is 2. The van der Waals surface area contributed by atoms with Crippen molar-refractivity contribution in [3.63, 3.8) is 0 Å². The number of hydrogen-bond acceptors (Lipinski definition) is 5. The molecule has 3 rings (SSSR count). The molecule has 1 heterocycles. The molecule has 1 N–H and O–H groups in total. The molecule has 0 spiro atoms. The molecule has 3 aromatic rings. The highest BCUT2D eigenvalue weighted by atomic mass is 32.2. The normalized spacial score (nSPS) is 10.5. The van der Waals surface area contributed by atoms with Crippen LogP contribution in [0, 0.1) is 0 Å². The van der Waals surface area contributed by atoms with Crippen molar-refractivity contribution in [1.29, 1.82) is 0 Å². The average Bonchev–Trinajstić information content (AvgIpc) is 2.70. The van der Waals surface area contributed by atoms with Gasteiger partial charge in [-0.25, -0.2) is 4.68 Å². The number of ketones is 1. The summed E-state index contributed by atoms with van der Waals surface area (Å²) in [6.45, 7) is 1.26. The number of amides is 1. The first-order valence-corrected chi connectivity index (χ1v) is 9.82. The maximum atomic E-state index is 12.5. The molecule has 0 radical (unpaired) electrons. The van der Waals surface area contributed by atoms with Gasteiger partial charge < -0.3 is 5.32 Å². The minimum absolute atomic E-state index is 0.158. The fraction of sp³-hybridized carbons (Fsp3) is 0.143. The molecule has 0 bridgehead atoms. The van der Waals surface area contributed by atoms with E-state index >= 15 is 0 Å². The van der Waals surface area contributed by atoms with Crippen LogP contribution in [-0.2, 0) is 11.3 Å². The van der Waals surface area contributed by atoms with Gasteiger partial charge in [-0.05, 0) is 48.7 Å². The van der Waals surface area contributed by atoms with Crippen molar-refractivity contribution in [2.75, 3.05) is 11.6 Å². The second kappa shape index (κ2) is 8.67. The maximum absolute atomic E-state index is 12.5. The van der Waals surface area contributed by atoms with Gasteiger partial charge in [-0.15, -0.1) is 11.8 Å². The van der Waals surface area contributed by atoms with Gasteiger partial charge in [-0.3, -0.25) is 14.4 Å². The number of rotatable bonds is 6. The molecular formula is C21H19N3O3S. The number of nitrogens with zero attached hydrogens (tertiary/aromatic N) is 2. The van der Waals surface area contributed by atoms with Crippen molar-refractivity contribution < 1.29 is 9.59 Å². The molecule has 142 valence electrons. The Kier molecular flexibility index (Phi) is 6.06. The van der Waals surface area contributed by atoms with Crippen molar-refractivity contribution in [2.24, 2.45) is 0 Å². The molecule has 6 nitrogen and oxygen atoms in total. The number of hydrogen-bond donors (Lipinski definition) is 1. The zero-order valence-corrected chi connectivity index (χ0v) is 16.3. The van der Waals surface area contributed by atoms with Crippen LogP contribution in [-0.4, -0.2) is 27.7 Å². The van der Waals surface area contributed by atoms with E-state index in [1.807, 2.05) is 30.5 Å². The first-order chi connectivity index (χ1) is 13.5. The van der Waals surface area contributed by atoms with E-state index in [1.54, 1.807) is 42.1 Å². The Bertz CT molecular complexity index is 1060. The summed E-state index contributed by atoms with van der Waals surface area (Å²) in [7, 11) is 0. The molecule has 0 unspecified atom stereocenters. The number of carbonyl (C=O) groups is 2. The summed E-state index contributed by atoms with van der Waals surface area (Å²) in [6.07, 6.45) is 2.00. The van der Waals surface area contributed by atoms with Crippen LogP contribution in [0.15, 0.2) is 70.4 Å². The van der Waals surface area contributed by atoms with Crippen LogP contribution >= 0.6 is 11.8 Å². The quantitative estimate of drug-likeness (QED) is 0.512. The Hall–Kier alpha value is -3.19. The summed E-state index contributed by atoms with van der Waals surface area (Å²) in [5.74, 6) is -0.420. The minimum atomic E-state index is -0.340. The highest BCUT2D eigenvalue weighted by Gasteiger charge is 2.11. The van der Waals surface area contributed by atoms with Gasteiger partial charge in [0.15, 0.2) is 5.78 Å². The van der Waals surface area contributed by atoms with E-state index in [4.69, 9.17) is 0 Å². The SMILES string of the molecule is CSc1ccc(-c2ccc(=O)n(CC(=O)c3ccc(NC(C)=O)cc3)n2)cc1. The maximum Gasteiger partial charge on any atom is 0.267 e. The first kappa shape index (κ1) is 19.6. The fourth-order valence-corrected chi connectivity index (χ4v) is 3.06. The number of aromatic nitrogens is 2. The van der Waals surface area contributed by atoms with Crippen LogP contribution in [0.4, 0.5) is 5.69 Å². The second-order valence-electron chi connectivity index (χ2n) is 6.12. The molecule has 0 aliphatic rings. The van der Waals surface area contributed by atoms with E-state index in [-0.39, 0.29) is 23.8 Å². The average molecular weight is 393 g/mol. The molecule has 2 aromatic carbocycles. The van der Waals surface area contributed by atoms with Gasteiger partial charge in [-0.2, -0.15) is 5.10 Å². The van der Waals surface area contributed by atoms with E-state index < -0.39 is 0 Å². The summed E-state index contributed by atoms with van der Waals surface area (Å²) in [5, 5.41) is 6.98. The second-order valence-corrected chi connectivity index (χ2v) is 7.00. The Morgan fingerprint density at radius 3 is 2.29 bits per heavy atom. The van der Waals surface area contributed by atoms with Crippen LogP contribution in [0.2, 0.25) is 0 Å². The van der Waals surface area contributed by atoms with Crippen molar-refractivity contribution in [2.45, 2.75) is 18.4 Å². The molecular weight excluding hydrogens is 374 g/mol. The van der Waals surface area contributed by atoms with Gasteiger partial charge in [0.2, 0.25) is 5.91 Å². The Morgan fingerprint density at radius 2 is 1.68 bits per heavy atom. The lowest BCUT2D eigenvalue weighted by Gasteiger charge is -2.08. The third-order valence-corrected chi connectivity index (χ3v) is 4.82. The van der Waals surface area contributed by atoms with Crippen molar-refractivity contribution in [3.8, 4) is 11.3 Å². The molecule has 7 heteroatoms. The van der Waals surface area contributed by atoms with Crippen molar-refractivity contribution >= 4 is 29.1 Å². The highest BCUT2D eigenvalue weighted by Crippen LogP contribution is 2.20. The van der Waals surface area contributed by atoms with Gasteiger partial charge in [0.05, 0.1) is 5.69 Å². The van der Waals surface area contributed by atoms with Crippen LogP contribution in [0.5, 0.6) is 0 Å². The number of thioether (sulfide) groups is 1. The molecule has 0 saturated carbocycles. The minimum Gasteiger partial charge on any atom is -0.326 e. The van der Waals surface area contributed by atoms with E-state index in [0.29, 0.717) is 16.9 Å². The number of anilines is 1.